The minimum absolute atomic E-state index is 0.121. The molecule has 1 N–H and O–H groups in total. The van der Waals surface area contributed by atoms with Gasteiger partial charge in [-0.25, -0.2) is 0 Å². The summed E-state index contributed by atoms with van der Waals surface area (Å²) in [4.78, 5) is 22.6. The topological polar surface area (TPSA) is 90.1 Å². The summed E-state index contributed by atoms with van der Waals surface area (Å²) in [6, 6.07) is 10.5. The molecule has 0 saturated carbocycles. The van der Waals surface area contributed by atoms with Crippen LogP contribution in [0.1, 0.15) is 15.9 Å². The van der Waals surface area contributed by atoms with Crippen LogP contribution in [0.25, 0.3) is 0 Å². The van der Waals surface area contributed by atoms with Crippen LogP contribution in [0.5, 0.6) is 0 Å². The number of nitrogens with zero attached hydrogens (tertiary/aromatic N) is 3. The second-order valence-corrected chi connectivity index (χ2v) is 6.77. The number of hydrogen-bond acceptors (Lipinski definition) is 4. The van der Waals surface area contributed by atoms with Gasteiger partial charge in [0.1, 0.15) is 5.02 Å². The van der Waals surface area contributed by atoms with Crippen LogP contribution in [0.4, 0.5) is 11.5 Å². The number of hydrogen-bond donors (Lipinski definition) is 1. The van der Waals surface area contributed by atoms with Gasteiger partial charge in [0.05, 0.1) is 11.5 Å². The molecule has 0 spiro atoms. The summed E-state index contributed by atoms with van der Waals surface area (Å²) >= 11 is 18.2. The molecule has 3 rings (SSSR count). The molecule has 1 aromatic heterocycles. The van der Waals surface area contributed by atoms with Crippen molar-refractivity contribution in [2.45, 2.75) is 6.54 Å². The van der Waals surface area contributed by atoms with Gasteiger partial charge in [0, 0.05) is 33.9 Å². The molecule has 7 nitrogen and oxygen atoms in total. The minimum atomic E-state index is -0.575. The summed E-state index contributed by atoms with van der Waals surface area (Å²) in [7, 11) is 0. The highest BCUT2D eigenvalue weighted by molar-refractivity contribution is 6.35. The number of nitro benzene ring substituents is 1. The first-order chi connectivity index (χ1) is 12.8. The number of carbonyl (C=O) groups is 1. The standard InChI is InChI=1S/C17H11Cl3N4O3/c18-12-5-4-11(14(19)7-12)8-23-9-15(20)16(22-23)21-17(25)10-2-1-3-13(6-10)24(26)27/h1-7,9H,8H2,(H,21,22,25). The van der Waals surface area contributed by atoms with Crippen LogP contribution in [0.2, 0.25) is 15.1 Å². The number of halogens is 3. The van der Waals surface area contributed by atoms with Crippen molar-refractivity contribution < 1.29 is 9.72 Å². The molecule has 1 amide bonds. The van der Waals surface area contributed by atoms with Gasteiger partial charge in [0.2, 0.25) is 0 Å². The number of nitro groups is 1. The lowest BCUT2D eigenvalue weighted by Crippen LogP contribution is -2.13. The third-order valence-corrected chi connectivity index (χ3v) is 4.48. The van der Waals surface area contributed by atoms with E-state index in [9.17, 15) is 14.9 Å². The number of nitrogens with one attached hydrogen (secondary N) is 1. The molecule has 0 radical (unpaired) electrons. The Kier molecular flexibility index (Phi) is 5.65. The van der Waals surface area contributed by atoms with E-state index in [1.165, 1.54) is 35.1 Å². The lowest BCUT2D eigenvalue weighted by Gasteiger charge is -2.05. The van der Waals surface area contributed by atoms with Crippen LogP contribution in [-0.4, -0.2) is 20.6 Å². The van der Waals surface area contributed by atoms with Crippen molar-refractivity contribution >= 4 is 52.2 Å². The molecule has 0 aliphatic rings. The van der Waals surface area contributed by atoms with Crippen molar-refractivity contribution in [3.05, 3.63) is 85.0 Å². The van der Waals surface area contributed by atoms with Gasteiger partial charge in [0.15, 0.2) is 5.82 Å². The van der Waals surface area contributed by atoms with Gasteiger partial charge in [-0.3, -0.25) is 19.6 Å². The Hall–Kier alpha value is -2.61. The number of non-ortho nitro benzene ring substituents is 1. The fourth-order valence-electron chi connectivity index (χ4n) is 2.33. The van der Waals surface area contributed by atoms with Gasteiger partial charge in [-0.15, -0.1) is 0 Å². The second kappa shape index (κ2) is 7.96. The van der Waals surface area contributed by atoms with E-state index < -0.39 is 10.8 Å². The fraction of sp³-hybridized carbons (Fsp3) is 0.0588. The van der Waals surface area contributed by atoms with Crippen molar-refractivity contribution in [2.75, 3.05) is 5.32 Å². The van der Waals surface area contributed by atoms with Crippen LogP contribution in [0.15, 0.2) is 48.7 Å². The van der Waals surface area contributed by atoms with Crippen molar-refractivity contribution in [1.29, 1.82) is 0 Å². The lowest BCUT2D eigenvalue weighted by atomic mass is 10.2. The summed E-state index contributed by atoms with van der Waals surface area (Å²) in [5.74, 6) is -0.423. The van der Waals surface area contributed by atoms with Gasteiger partial charge in [-0.1, -0.05) is 46.9 Å². The number of amides is 1. The normalized spacial score (nSPS) is 10.6. The van der Waals surface area contributed by atoms with Crippen LogP contribution in [0, 0.1) is 10.1 Å². The van der Waals surface area contributed by atoms with Gasteiger partial charge in [-0.2, -0.15) is 5.10 Å². The number of carbonyl (C=O) groups excluding carboxylic acids is 1. The van der Waals surface area contributed by atoms with E-state index in [-0.39, 0.29) is 22.1 Å². The van der Waals surface area contributed by atoms with E-state index in [1.807, 2.05) is 0 Å². The first-order valence-electron chi connectivity index (χ1n) is 7.56. The Morgan fingerprint density at radius 2 is 1.93 bits per heavy atom. The molecule has 0 atom stereocenters. The van der Waals surface area contributed by atoms with Gasteiger partial charge in [-0.05, 0) is 23.8 Å². The van der Waals surface area contributed by atoms with Crippen molar-refractivity contribution in [2.24, 2.45) is 0 Å². The summed E-state index contributed by atoms with van der Waals surface area (Å²) in [6.07, 6.45) is 1.54. The van der Waals surface area contributed by atoms with Gasteiger partial charge >= 0.3 is 0 Å². The second-order valence-electron chi connectivity index (χ2n) is 5.52. The Balaban J connectivity index is 1.77. The van der Waals surface area contributed by atoms with Crippen LogP contribution < -0.4 is 5.32 Å². The molecule has 0 saturated heterocycles. The molecule has 0 aliphatic heterocycles. The SMILES string of the molecule is O=C(Nc1nn(Cc2ccc(Cl)cc2Cl)cc1Cl)c1cccc([N+](=O)[O-])c1. The smallest absolute Gasteiger partial charge is 0.270 e. The van der Waals surface area contributed by atoms with Crippen molar-refractivity contribution in [1.82, 2.24) is 9.78 Å². The molecule has 3 aromatic rings. The number of rotatable bonds is 5. The molecule has 0 unspecified atom stereocenters. The summed E-state index contributed by atoms with van der Waals surface area (Å²) in [5.41, 5.74) is 0.712. The Labute approximate surface area is 168 Å². The zero-order valence-electron chi connectivity index (χ0n) is 13.5. The monoisotopic (exact) mass is 424 g/mol. The van der Waals surface area contributed by atoms with E-state index >= 15 is 0 Å². The van der Waals surface area contributed by atoms with Crippen molar-refractivity contribution in [3.63, 3.8) is 0 Å². The number of benzene rings is 2. The zero-order valence-corrected chi connectivity index (χ0v) is 15.8. The molecule has 1 heterocycles. The lowest BCUT2D eigenvalue weighted by molar-refractivity contribution is -0.384. The third-order valence-electron chi connectivity index (χ3n) is 3.62. The first-order valence-corrected chi connectivity index (χ1v) is 8.69. The molecule has 27 heavy (non-hydrogen) atoms. The van der Waals surface area contributed by atoms with Gasteiger partial charge < -0.3 is 5.32 Å². The molecular weight excluding hydrogens is 415 g/mol. The average Bonchev–Trinajstić information content (AvgIpc) is 2.96. The highest BCUT2D eigenvalue weighted by atomic mass is 35.5. The molecule has 0 bridgehead atoms. The number of anilines is 1. The summed E-state index contributed by atoms with van der Waals surface area (Å²) in [5, 5.41) is 18.8. The maximum atomic E-state index is 12.3. The first kappa shape index (κ1) is 19.2. The van der Waals surface area contributed by atoms with E-state index in [0.29, 0.717) is 16.6 Å². The highest BCUT2D eigenvalue weighted by Crippen LogP contribution is 2.25. The largest absolute Gasteiger partial charge is 0.304 e. The maximum Gasteiger partial charge on any atom is 0.270 e. The quantitative estimate of drug-likeness (QED) is 0.457. The zero-order chi connectivity index (χ0) is 19.6. The Morgan fingerprint density at radius 1 is 1.15 bits per heavy atom. The predicted molar refractivity (Wildman–Crippen MR) is 104 cm³/mol. The maximum absolute atomic E-state index is 12.3. The molecule has 10 heteroatoms. The molecule has 2 aromatic carbocycles. The Morgan fingerprint density at radius 3 is 2.63 bits per heavy atom. The molecule has 0 aliphatic carbocycles. The third kappa shape index (κ3) is 4.57. The summed E-state index contributed by atoms with van der Waals surface area (Å²) < 4.78 is 1.51. The van der Waals surface area contributed by atoms with Crippen LogP contribution in [-0.2, 0) is 6.54 Å². The minimum Gasteiger partial charge on any atom is -0.304 e. The predicted octanol–water partition coefficient (Wildman–Crippen LogP) is 5.05. The van der Waals surface area contributed by atoms with E-state index in [0.717, 1.165) is 5.56 Å². The van der Waals surface area contributed by atoms with E-state index in [4.69, 9.17) is 34.8 Å². The van der Waals surface area contributed by atoms with Crippen molar-refractivity contribution in [3.8, 4) is 0 Å². The summed E-state index contributed by atoms with van der Waals surface area (Å²) in [6.45, 7) is 0.322. The molecule has 138 valence electrons. The fourth-order valence-corrected chi connectivity index (χ4v) is 2.99. The highest BCUT2D eigenvalue weighted by Gasteiger charge is 2.15. The van der Waals surface area contributed by atoms with Gasteiger partial charge in [0.25, 0.3) is 11.6 Å². The Bertz CT molecular complexity index is 1040. The van der Waals surface area contributed by atoms with E-state index in [2.05, 4.69) is 10.4 Å². The van der Waals surface area contributed by atoms with Crippen LogP contribution in [0.3, 0.4) is 0 Å². The van der Waals surface area contributed by atoms with E-state index in [1.54, 1.807) is 18.2 Å². The van der Waals surface area contributed by atoms with Crippen LogP contribution >= 0.6 is 34.8 Å². The number of aromatic nitrogens is 2. The molecular formula is C17H11Cl3N4O3. The molecule has 0 fully saturated rings. The average molecular weight is 426 g/mol.